The van der Waals surface area contributed by atoms with E-state index in [2.05, 4.69) is 36.1 Å². The predicted molar refractivity (Wildman–Crippen MR) is 98.7 cm³/mol. The smallest absolute Gasteiger partial charge is 0.219 e. The second-order valence-electron chi connectivity index (χ2n) is 5.79. The number of nitrogens with one attached hydrogen (secondary N) is 1. The normalized spacial score (nSPS) is 14.6. The largest absolute Gasteiger partial charge is 0.353 e. The summed E-state index contributed by atoms with van der Waals surface area (Å²) in [6.07, 6.45) is 0. The second kappa shape index (κ2) is 7.17. The van der Waals surface area contributed by atoms with Gasteiger partial charge in [0.2, 0.25) is 5.91 Å². The fourth-order valence-corrected chi connectivity index (χ4v) is 3.14. The lowest BCUT2D eigenvalue weighted by atomic mass is 10.3. The summed E-state index contributed by atoms with van der Waals surface area (Å²) >= 11 is 3.47. The highest BCUT2D eigenvalue weighted by Crippen LogP contribution is 2.23. The Labute approximate surface area is 150 Å². The molecule has 0 spiro atoms. The highest BCUT2D eigenvalue weighted by atomic mass is 79.9. The van der Waals surface area contributed by atoms with Crippen LogP contribution >= 0.6 is 15.9 Å². The molecule has 0 bridgehead atoms. The molecule has 1 N–H and O–H groups in total. The van der Waals surface area contributed by atoms with Gasteiger partial charge < -0.3 is 15.1 Å². The van der Waals surface area contributed by atoms with Gasteiger partial charge in [-0.3, -0.25) is 4.79 Å². The molecule has 7 heteroatoms. The lowest BCUT2D eigenvalue weighted by Crippen LogP contribution is -2.48. The summed E-state index contributed by atoms with van der Waals surface area (Å²) < 4.78 is 1.01. The minimum Gasteiger partial charge on any atom is -0.353 e. The van der Waals surface area contributed by atoms with Gasteiger partial charge in [-0.1, -0.05) is 22.0 Å². The number of rotatable bonds is 3. The Morgan fingerprint density at radius 1 is 1.17 bits per heavy atom. The Kier molecular flexibility index (Phi) is 4.99. The van der Waals surface area contributed by atoms with Gasteiger partial charge in [0.05, 0.1) is 0 Å². The van der Waals surface area contributed by atoms with Crippen LogP contribution in [0.1, 0.15) is 12.7 Å². The van der Waals surface area contributed by atoms with Gasteiger partial charge in [0.15, 0.2) is 0 Å². The van der Waals surface area contributed by atoms with Gasteiger partial charge in [0.1, 0.15) is 17.5 Å². The van der Waals surface area contributed by atoms with Crippen LogP contribution in [0.25, 0.3) is 0 Å². The number of carbonyl (C=O) groups is 1. The molecule has 1 amide bonds. The number of carbonyl (C=O) groups excluding carboxylic acids is 1. The average Bonchev–Trinajstić information content (AvgIpc) is 2.54. The summed E-state index contributed by atoms with van der Waals surface area (Å²) in [5, 5.41) is 3.32. The molecule has 126 valence electrons. The number of nitrogens with zero attached hydrogens (tertiary/aromatic N) is 4. The van der Waals surface area contributed by atoms with E-state index in [1.165, 1.54) is 0 Å². The molecule has 0 unspecified atom stereocenters. The third kappa shape index (κ3) is 4.03. The SMILES string of the molecule is CC(=O)N1CCN(c2cc(Nc3cccc(Br)c3)nc(C)n2)CC1. The number of anilines is 3. The quantitative estimate of drug-likeness (QED) is 0.873. The first-order valence-electron chi connectivity index (χ1n) is 7.90. The van der Waals surface area contributed by atoms with Crippen LogP contribution in [0.3, 0.4) is 0 Å². The lowest BCUT2D eigenvalue weighted by Gasteiger charge is -2.35. The van der Waals surface area contributed by atoms with E-state index in [-0.39, 0.29) is 5.91 Å². The summed E-state index contributed by atoms with van der Waals surface area (Å²) in [4.78, 5) is 24.5. The Morgan fingerprint density at radius 3 is 2.58 bits per heavy atom. The molecule has 0 saturated carbocycles. The topological polar surface area (TPSA) is 61.4 Å². The first kappa shape index (κ1) is 16.7. The van der Waals surface area contributed by atoms with Crippen molar-refractivity contribution in [3.63, 3.8) is 0 Å². The van der Waals surface area contributed by atoms with Gasteiger partial charge in [-0.2, -0.15) is 0 Å². The van der Waals surface area contributed by atoms with Gasteiger partial charge in [-0.15, -0.1) is 0 Å². The number of hydrogen-bond acceptors (Lipinski definition) is 5. The van der Waals surface area contributed by atoms with E-state index in [9.17, 15) is 4.79 Å². The van der Waals surface area contributed by atoms with Crippen LogP contribution in [-0.4, -0.2) is 47.0 Å². The molecule has 3 rings (SSSR count). The lowest BCUT2D eigenvalue weighted by molar-refractivity contribution is -0.129. The van der Waals surface area contributed by atoms with Crippen molar-refractivity contribution in [1.82, 2.24) is 14.9 Å². The zero-order valence-corrected chi connectivity index (χ0v) is 15.4. The molecule has 1 aliphatic rings. The van der Waals surface area contributed by atoms with Crippen molar-refractivity contribution in [2.75, 3.05) is 36.4 Å². The molecule has 1 saturated heterocycles. The fourth-order valence-electron chi connectivity index (χ4n) is 2.74. The monoisotopic (exact) mass is 389 g/mol. The van der Waals surface area contributed by atoms with E-state index in [4.69, 9.17) is 0 Å². The zero-order chi connectivity index (χ0) is 17.1. The fraction of sp³-hybridized carbons (Fsp3) is 0.353. The van der Waals surface area contributed by atoms with Crippen LogP contribution in [0.2, 0.25) is 0 Å². The summed E-state index contributed by atoms with van der Waals surface area (Å²) in [5.74, 6) is 2.51. The molecular weight excluding hydrogens is 370 g/mol. The third-order valence-electron chi connectivity index (χ3n) is 3.97. The number of aryl methyl sites for hydroxylation is 1. The molecule has 0 aliphatic carbocycles. The van der Waals surface area contributed by atoms with Gasteiger partial charge in [-0.25, -0.2) is 9.97 Å². The standard InChI is InChI=1S/C17H20BrN5O/c1-12-19-16(21-15-5-3-4-14(18)10-15)11-17(20-12)23-8-6-22(7-9-23)13(2)24/h3-5,10-11H,6-9H2,1-2H3,(H,19,20,21). The molecule has 2 heterocycles. The van der Waals surface area contributed by atoms with E-state index in [0.29, 0.717) is 0 Å². The van der Waals surface area contributed by atoms with Crippen LogP contribution in [0.5, 0.6) is 0 Å². The van der Waals surface area contributed by atoms with E-state index < -0.39 is 0 Å². The van der Waals surface area contributed by atoms with Crippen molar-refractivity contribution in [2.24, 2.45) is 0 Å². The van der Waals surface area contributed by atoms with Crippen molar-refractivity contribution in [1.29, 1.82) is 0 Å². The summed E-state index contributed by atoms with van der Waals surface area (Å²) in [6.45, 7) is 6.53. The zero-order valence-electron chi connectivity index (χ0n) is 13.8. The van der Waals surface area contributed by atoms with E-state index in [1.54, 1.807) is 6.92 Å². The molecule has 1 aromatic carbocycles. The first-order chi connectivity index (χ1) is 11.5. The van der Waals surface area contributed by atoms with Crippen molar-refractivity contribution >= 4 is 39.2 Å². The highest BCUT2D eigenvalue weighted by Gasteiger charge is 2.20. The number of aromatic nitrogens is 2. The maximum absolute atomic E-state index is 11.4. The van der Waals surface area contributed by atoms with Crippen LogP contribution in [0.15, 0.2) is 34.8 Å². The van der Waals surface area contributed by atoms with Gasteiger partial charge in [0.25, 0.3) is 0 Å². The van der Waals surface area contributed by atoms with Crippen LogP contribution in [0.4, 0.5) is 17.3 Å². The van der Waals surface area contributed by atoms with E-state index >= 15 is 0 Å². The maximum atomic E-state index is 11.4. The number of amides is 1. The van der Waals surface area contributed by atoms with Crippen LogP contribution in [0, 0.1) is 6.92 Å². The minimum absolute atomic E-state index is 0.130. The van der Waals surface area contributed by atoms with E-state index in [1.807, 2.05) is 42.2 Å². The Balaban J connectivity index is 1.76. The van der Waals surface area contributed by atoms with Crippen molar-refractivity contribution in [3.05, 3.63) is 40.6 Å². The maximum Gasteiger partial charge on any atom is 0.219 e. The van der Waals surface area contributed by atoms with Gasteiger partial charge in [-0.05, 0) is 25.1 Å². The second-order valence-corrected chi connectivity index (χ2v) is 6.70. The third-order valence-corrected chi connectivity index (χ3v) is 4.46. The van der Waals surface area contributed by atoms with Crippen LogP contribution < -0.4 is 10.2 Å². The highest BCUT2D eigenvalue weighted by molar-refractivity contribution is 9.10. The predicted octanol–water partition coefficient (Wildman–Crippen LogP) is 2.96. The number of hydrogen-bond donors (Lipinski definition) is 1. The minimum atomic E-state index is 0.130. The van der Waals surface area contributed by atoms with E-state index in [0.717, 1.165) is 53.8 Å². The number of halogens is 1. The number of benzene rings is 1. The van der Waals surface area contributed by atoms with Gasteiger partial charge in [0, 0.05) is 49.3 Å². The Bertz CT molecular complexity index is 744. The van der Waals surface area contributed by atoms with Crippen molar-refractivity contribution in [2.45, 2.75) is 13.8 Å². The molecule has 1 fully saturated rings. The Hall–Kier alpha value is -2.15. The molecule has 1 aromatic heterocycles. The summed E-state index contributed by atoms with van der Waals surface area (Å²) in [6, 6.07) is 9.91. The van der Waals surface area contributed by atoms with Crippen molar-refractivity contribution < 1.29 is 4.79 Å². The average molecular weight is 390 g/mol. The molecule has 0 radical (unpaired) electrons. The van der Waals surface area contributed by atoms with Gasteiger partial charge >= 0.3 is 0 Å². The van der Waals surface area contributed by atoms with Crippen LogP contribution in [-0.2, 0) is 4.79 Å². The molecule has 24 heavy (non-hydrogen) atoms. The number of piperazine rings is 1. The summed E-state index contributed by atoms with van der Waals surface area (Å²) in [5.41, 5.74) is 0.967. The Morgan fingerprint density at radius 2 is 1.92 bits per heavy atom. The molecule has 0 atom stereocenters. The first-order valence-corrected chi connectivity index (χ1v) is 8.69. The molecule has 6 nitrogen and oxygen atoms in total. The summed E-state index contributed by atoms with van der Waals surface area (Å²) in [7, 11) is 0. The molecule has 2 aromatic rings. The molecular formula is C17H20BrN5O. The molecule has 1 aliphatic heterocycles. The van der Waals surface area contributed by atoms with Crippen molar-refractivity contribution in [3.8, 4) is 0 Å².